The predicted octanol–water partition coefficient (Wildman–Crippen LogP) is 2.97. The molecule has 0 atom stereocenters. The van der Waals surface area contributed by atoms with E-state index in [0.717, 1.165) is 37.7 Å². The van der Waals surface area contributed by atoms with Crippen LogP contribution in [0.4, 0.5) is 0 Å². The first-order valence-corrected chi connectivity index (χ1v) is 7.93. The summed E-state index contributed by atoms with van der Waals surface area (Å²) in [6.07, 6.45) is 5.41. The Morgan fingerprint density at radius 1 is 1.43 bits per heavy atom. The molecule has 0 saturated heterocycles. The van der Waals surface area contributed by atoms with Crippen LogP contribution in [0.1, 0.15) is 31.9 Å². The highest BCUT2D eigenvalue weighted by atomic mass is 35.5. The maximum Gasteiger partial charge on any atom is 0.258 e. The summed E-state index contributed by atoms with van der Waals surface area (Å²) in [5.41, 5.74) is 1.43. The standard InChI is InChI=1S/C16H20ClN3O/c1-2-7-19(9-12-3-4-12)11-14-8-16(21)20-10-13(17)5-6-15(20)18-14/h5-6,8,10,12H,2-4,7,9,11H2,1H3. The highest BCUT2D eigenvalue weighted by Crippen LogP contribution is 2.30. The number of hydrogen-bond acceptors (Lipinski definition) is 3. The minimum Gasteiger partial charge on any atom is -0.297 e. The lowest BCUT2D eigenvalue weighted by Crippen LogP contribution is -2.28. The number of pyridine rings is 1. The minimum absolute atomic E-state index is 0.0691. The maximum absolute atomic E-state index is 12.2. The third-order valence-electron chi connectivity index (χ3n) is 3.82. The first-order valence-electron chi connectivity index (χ1n) is 7.56. The lowest BCUT2D eigenvalue weighted by atomic mass is 10.3. The molecule has 1 saturated carbocycles. The van der Waals surface area contributed by atoms with Gasteiger partial charge in [-0.05, 0) is 43.9 Å². The Kier molecular flexibility index (Phi) is 4.27. The molecule has 2 aromatic heterocycles. The molecule has 0 aliphatic heterocycles. The highest BCUT2D eigenvalue weighted by molar-refractivity contribution is 6.30. The summed E-state index contributed by atoms with van der Waals surface area (Å²) >= 11 is 5.92. The van der Waals surface area contributed by atoms with E-state index >= 15 is 0 Å². The molecule has 1 aliphatic carbocycles. The van der Waals surface area contributed by atoms with Crippen LogP contribution in [0.2, 0.25) is 5.02 Å². The molecular weight excluding hydrogens is 286 g/mol. The van der Waals surface area contributed by atoms with Crippen molar-refractivity contribution in [3.05, 3.63) is 45.5 Å². The van der Waals surface area contributed by atoms with Crippen molar-refractivity contribution in [2.24, 2.45) is 5.92 Å². The van der Waals surface area contributed by atoms with Crippen LogP contribution in [0.3, 0.4) is 0 Å². The van der Waals surface area contributed by atoms with Gasteiger partial charge in [-0.25, -0.2) is 4.98 Å². The summed E-state index contributed by atoms with van der Waals surface area (Å²) in [5, 5.41) is 0.542. The number of hydrogen-bond donors (Lipinski definition) is 0. The zero-order valence-corrected chi connectivity index (χ0v) is 13.0. The predicted molar refractivity (Wildman–Crippen MR) is 84.8 cm³/mol. The zero-order chi connectivity index (χ0) is 14.8. The second kappa shape index (κ2) is 6.16. The molecule has 0 bridgehead atoms. The van der Waals surface area contributed by atoms with Crippen LogP contribution in [0.25, 0.3) is 5.65 Å². The van der Waals surface area contributed by atoms with Gasteiger partial charge in [0.05, 0.1) is 10.7 Å². The van der Waals surface area contributed by atoms with Crippen LogP contribution in [0, 0.1) is 5.92 Å². The summed E-state index contributed by atoms with van der Waals surface area (Å²) in [7, 11) is 0. The van der Waals surface area contributed by atoms with Gasteiger partial charge >= 0.3 is 0 Å². The Morgan fingerprint density at radius 3 is 2.95 bits per heavy atom. The lowest BCUT2D eigenvalue weighted by molar-refractivity contribution is 0.252. The second-order valence-corrected chi connectivity index (χ2v) is 6.28. The first kappa shape index (κ1) is 14.5. The fourth-order valence-electron chi connectivity index (χ4n) is 2.65. The molecular formula is C16H20ClN3O. The zero-order valence-electron chi connectivity index (χ0n) is 12.3. The van der Waals surface area contributed by atoms with Crippen LogP contribution < -0.4 is 5.56 Å². The molecule has 21 heavy (non-hydrogen) atoms. The molecule has 4 nitrogen and oxygen atoms in total. The van der Waals surface area contributed by atoms with Crippen molar-refractivity contribution in [3.63, 3.8) is 0 Å². The van der Waals surface area contributed by atoms with Crippen molar-refractivity contribution in [2.75, 3.05) is 13.1 Å². The van der Waals surface area contributed by atoms with Gasteiger partial charge in [-0.15, -0.1) is 0 Å². The summed E-state index contributed by atoms with van der Waals surface area (Å²) in [6, 6.07) is 5.18. The fourth-order valence-corrected chi connectivity index (χ4v) is 2.81. The highest BCUT2D eigenvalue weighted by Gasteiger charge is 2.24. The SMILES string of the molecule is CCCN(Cc1cc(=O)n2cc(Cl)ccc2n1)CC1CC1. The largest absolute Gasteiger partial charge is 0.297 e. The van der Waals surface area contributed by atoms with Crippen LogP contribution in [-0.4, -0.2) is 27.4 Å². The van der Waals surface area contributed by atoms with Gasteiger partial charge in [-0.1, -0.05) is 18.5 Å². The van der Waals surface area contributed by atoms with E-state index in [-0.39, 0.29) is 5.56 Å². The van der Waals surface area contributed by atoms with Crippen molar-refractivity contribution >= 4 is 17.2 Å². The molecule has 0 aromatic carbocycles. The molecule has 1 aliphatic rings. The van der Waals surface area contributed by atoms with Crippen LogP contribution in [0.5, 0.6) is 0 Å². The van der Waals surface area contributed by atoms with Crippen LogP contribution in [-0.2, 0) is 6.54 Å². The van der Waals surface area contributed by atoms with Crippen molar-refractivity contribution in [1.29, 1.82) is 0 Å². The number of nitrogens with zero attached hydrogens (tertiary/aromatic N) is 3. The van der Waals surface area contributed by atoms with Gasteiger partial charge in [0.1, 0.15) is 5.65 Å². The number of aromatic nitrogens is 2. The number of halogens is 1. The van der Waals surface area contributed by atoms with Crippen LogP contribution in [0.15, 0.2) is 29.2 Å². The van der Waals surface area contributed by atoms with Gasteiger partial charge in [0, 0.05) is 25.4 Å². The molecule has 0 N–H and O–H groups in total. The topological polar surface area (TPSA) is 37.6 Å². The first-order chi connectivity index (χ1) is 10.2. The van der Waals surface area contributed by atoms with E-state index in [9.17, 15) is 4.79 Å². The van der Waals surface area contributed by atoms with E-state index in [4.69, 9.17) is 11.6 Å². The van der Waals surface area contributed by atoms with E-state index < -0.39 is 0 Å². The van der Waals surface area contributed by atoms with Gasteiger partial charge in [-0.3, -0.25) is 14.1 Å². The maximum atomic E-state index is 12.2. The molecule has 2 aromatic rings. The molecule has 3 rings (SSSR count). The Labute approximate surface area is 129 Å². The van der Waals surface area contributed by atoms with E-state index in [1.54, 1.807) is 24.4 Å². The number of fused-ring (bicyclic) bond motifs is 1. The monoisotopic (exact) mass is 305 g/mol. The molecule has 0 spiro atoms. The smallest absolute Gasteiger partial charge is 0.258 e. The summed E-state index contributed by atoms with van der Waals surface area (Å²) < 4.78 is 1.50. The molecule has 1 fully saturated rings. The van der Waals surface area contributed by atoms with E-state index in [0.29, 0.717) is 10.7 Å². The van der Waals surface area contributed by atoms with Crippen molar-refractivity contribution in [3.8, 4) is 0 Å². The average Bonchev–Trinajstić information content (AvgIpc) is 3.24. The fraction of sp³-hybridized carbons (Fsp3) is 0.500. The summed E-state index contributed by atoms with van der Waals surface area (Å²) in [5.74, 6) is 0.844. The molecule has 5 heteroatoms. The Bertz CT molecular complexity index is 693. The third kappa shape index (κ3) is 3.63. The van der Waals surface area contributed by atoms with Gasteiger partial charge < -0.3 is 0 Å². The molecule has 0 amide bonds. The molecule has 0 radical (unpaired) electrons. The summed E-state index contributed by atoms with van der Waals surface area (Å²) in [6.45, 7) is 5.11. The van der Waals surface area contributed by atoms with E-state index in [2.05, 4.69) is 16.8 Å². The molecule has 112 valence electrons. The van der Waals surface area contributed by atoms with Crippen molar-refractivity contribution < 1.29 is 0 Å². The van der Waals surface area contributed by atoms with Crippen LogP contribution >= 0.6 is 11.6 Å². The molecule has 0 unspecified atom stereocenters. The van der Waals surface area contributed by atoms with Gasteiger partial charge in [0.25, 0.3) is 5.56 Å². The second-order valence-electron chi connectivity index (χ2n) is 5.84. The Morgan fingerprint density at radius 2 is 2.24 bits per heavy atom. The normalized spacial score (nSPS) is 15.0. The number of rotatable bonds is 6. The quantitative estimate of drug-likeness (QED) is 0.823. The van der Waals surface area contributed by atoms with Gasteiger partial charge in [0.15, 0.2) is 0 Å². The van der Waals surface area contributed by atoms with Gasteiger partial charge in [0.2, 0.25) is 0 Å². The van der Waals surface area contributed by atoms with E-state index in [1.807, 2.05) is 0 Å². The Hall–Kier alpha value is -1.39. The average molecular weight is 306 g/mol. The third-order valence-corrected chi connectivity index (χ3v) is 4.04. The Balaban J connectivity index is 1.85. The van der Waals surface area contributed by atoms with Crippen molar-refractivity contribution in [2.45, 2.75) is 32.7 Å². The van der Waals surface area contributed by atoms with Crippen molar-refractivity contribution in [1.82, 2.24) is 14.3 Å². The minimum atomic E-state index is -0.0691. The van der Waals surface area contributed by atoms with E-state index in [1.165, 1.54) is 17.2 Å². The lowest BCUT2D eigenvalue weighted by Gasteiger charge is -2.21. The molecule has 2 heterocycles. The summed E-state index contributed by atoms with van der Waals surface area (Å²) in [4.78, 5) is 19.2. The van der Waals surface area contributed by atoms with Gasteiger partial charge in [-0.2, -0.15) is 0 Å².